The van der Waals surface area contributed by atoms with Gasteiger partial charge in [0.2, 0.25) is 0 Å². The molecule has 156 valence electrons. The van der Waals surface area contributed by atoms with Crippen molar-refractivity contribution in [3.8, 4) is 11.1 Å². The maximum Gasteiger partial charge on any atom is 0.269 e. The van der Waals surface area contributed by atoms with Crippen LogP contribution in [0.15, 0.2) is 91.0 Å². The van der Waals surface area contributed by atoms with E-state index in [1.165, 1.54) is 24.3 Å². The predicted molar refractivity (Wildman–Crippen MR) is 116 cm³/mol. The Balaban J connectivity index is 0.000000401. The molecule has 0 fully saturated rings. The smallest absolute Gasteiger partial charge is 0.258 e. The Morgan fingerprint density at radius 2 is 1.23 bits per heavy atom. The summed E-state index contributed by atoms with van der Waals surface area (Å²) < 4.78 is 0. The summed E-state index contributed by atoms with van der Waals surface area (Å²) in [7, 11) is 0. The number of fused-ring (bicyclic) bond motifs is 3. The molecule has 4 aromatic rings. The zero-order valence-corrected chi connectivity index (χ0v) is 17.2. The second-order valence-corrected chi connectivity index (χ2v) is 6.71. The van der Waals surface area contributed by atoms with Gasteiger partial charge in [-0.25, -0.2) is 12.1 Å². The molecule has 6 nitrogen and oxygen atoms in total. The zero-order chi connectivity index (χ0) is 21.1. The molecule has 1 aliphatic rings. The predicted octanol–water partition coefficient (Wildman–Crippen LogP) is 6.19. The van der Waals surface area contributed by atoms with Crippen molar-refractivity contribution in [2.45, 2.75) is 0 Å². The second-order valence-electron chi connectivity index (χ2n) is 6.71. The van der Waals surface area contributed by atoms with Gasteiger partial charge in [-0.15, -0.1) is 23.8 Å². The largest absolute Gasteiger partial charge is 0.269 e. The minimum Gasteiger partial charge on any atom is -0.258 e. The van der Waals surface area contributed by atoms with Crippen LogP contribution in [0.4, 0.5) is 11.4 Å². The van der Waals surface area contributed by atoms with Crippen LogP contribution in [0.1, 0.15) is 16.7 Å². The Morgan fingerprint density at radius 1 is 0.742 bits per heavy atom. The van der Waals surface area contributed by atoms with Crippen LogP contribution in [0.25, 0.3) is 22.8 Å². The first-order valence-electron chi connectivity index (χ1n) is 9.22. The van der Waals surface area contributed by atoms with Crippen LogP contribution in [-0.2, 0) is 17.1 Å². The van der Waals surface area contributed by atoms with Crippen molar-refractivity contribution in [2.24, 2.45) is 0 Å². The molecule has 1 aliphatic carbocycles. The maximum atomic E-state index is 11.1. The SMILES string of the molecule is O=[N+]([O-])c1ccc2c(c1)C(=C[c-]1cccc1)c1cc([N+](=O)[O-])ccc1-2.[Fe].c1cc[cH-]c1. The van der Waals surface area contributed by atoms with Gasteiger partial charge in [-0.2, -0.15) is 30.3 Å². The molecule has 0 atom stereocenters. The van der Waals surface area contributed by atoms with E-state index in [4.69, 9.17) is 0 Å². The topological polar surface area (TPSA) is 86.3 Å². The molecule has 0 aromatic heterocycles. The number of nitrogens with zero attached hydrogens (tertiary/aromatic N) is 2. The van der Waals surface area contributed by atoms with E-state index in [1.807, 2.05) is 60.7 Å². The van der Waals surface area contributed by atoms with Crippen LogP contribution in [0.5, 0.6) is 0 Å². The van der Waals surface area contributed by atoms with Crippen molar-refractivity contribution in [2.75, 3.05) is 0 Å². The minimum atomic E-state index is -0.439. The Labute approximate surface area is 189 Å². The number of hydrogen-bond donors (Lipinski definition) is 0. The Bertz CT molecular complexity index is 1160. The first-order chi connectivity index (χ1) is 14.5. The molecule has 0 N–H and O–H groups in total. The van der Waals surface area contributed by atoms with Gasteiger partial charge in [-0.05, 0) is 34.4 Å². The van der Waals surface area contributed by atoms with E-state index in [-0.39, 0.29) is 28.4 Å². The van der Waals surface area contributed by atoms with Crippen LogP contribution in [0, 0.1) is 20.2 Å². The standard InChI is InChI=1S/C19H11N2O4.C5H5.Fe/c22-20(23)13-5-7-15-16-8-6-14(21(24)25)11-19(16)17(18(15)10-13)9-12-3-1-2-4-12;1-2-4-5-3-1;/h1-11H;1-5H;/q2*-1;. The van der Waals surface area contributed by atoms with Gasteiger partial charge in [0.1, 0.15) is 0 Å². The maximum absolute atomic E-state index is 11.1. The van der Waals surface area contributed by atoms with E-state index in [0.717, 1.165) is 22.3 Å². The van der Waals surface area contributed by atoms with Crippen molar-refractivity contribution < 1.29 is 26.9 Å². The third-order valence-electron chi connectivity index (χ3n) is 4.85. The third-order valence-corrected chi connectivity index (χ3v) is 4.85. The van der Waals surface area contributed by atoms with Crippen molar-refractivity contribution in [1.82, 2.24) is 0 Å². The van der Waals surface area contributed by atoms with Gasteiger partial charge >= 0.3 is 0 Å². The third kappa shape index (κ3) is 4.53. The van der Waals surface area contributed by atoms with Gasteiger partial charge in [-0.1, -0.05) is 5.57 Å². The number of hydrogen-bond acceptors (Lipinski definition) is 4. The first-order valence-corrected chi connectivity index (χ1v) is 9.22. The molecular weight excluding hydrogens is 436 g/mol. The summed E-state index contributed by atoms with van der Waals surface area (Å²) in [6.07, 6.45) is 1.90. The number of rotatable bonds is 3. The quantitative estimate of drug-likeness (QED) is 0.141. The second kappa shape index (κ2) is 9.34. The number of nitro groups is 2. The van der Waals surface area contributed by atoms with Crippen molar-refractivity contribution in [1.29, 1.82) is 0 Å². The molecular formula is C24H16FeN2O4-2. The monoisotopic (exact) mass is 452 g/mol. The van der Waals surface area contributed by atoms with Crippen LogP contribution < -0.4 is 0 Å². The van der Waals surface area contributed by atoms with E-state index >= 15 is 0 Å². The summed E-state index contributed by atoms with van der Waals surface area (Å²) in [5.41, 5.74) is 4.79. The number of benzene rings is 2. The van der Waals surface area contributed by atoms with Gasteiger partial charge in [0.05, 0.1) is 9.85 Å². The molecule has 0 spiro atoms. The fourth-order valence-corrected chi connectivity index (χ4v) is 3.48. The van der Waals surface area contributed by atoms with Gasteiger partial charge in [0.25, 0.3) is 11.4 Å². The number of non-ortho nitro benzene ring substituents is 2. The molecule has 31 heavy (non-hydrogen) atoms. The van der Waals surface area contributed by atoms with Crippen molar-refractivity contribution >= 4 is 23.0 Å². The van der Waals surface area contributed by atoms with E-state index < -0.39 is 9.85 Å². The van der Waals surface area contributed by atoms with Crippen molar-refractivity contribution in [3.63, 3.8) is 0 Å². The summed E-state index contributed by atoms with van der Waals surface area (Å²) in [5.74, 6) is 0. The van der Waals surface area contributed by atoms with Gasteiger partial charge in [-0.3, -0.25) is 20.2 Å². The molecule has 0 bridgehead atoms. The van der Waals surface area contributed by atoms with Crippen LogP contribution in [0.2, 0.25) is 0 Å². The van der Waals surface area contributed by atoms with Gasteiger partial charge in [0.15, 0.2) is 0 Å². The fraction of sp³-hybridized carbons (Fsp3) is 0. The average Bonchev–Trinajstić information content (AvgIpc) is 3.51. The number of nitro benzene ring substituents is 2. The minimum absolute atomic E-state index is 0. The van der Waals surface area contributed by atoms with Crippen LogP contribution >= 0.6 is 0 Å². The summed E-state index contributed by atoms with van der Waals surface area (Å²) in [6.45, 7) is 0. The van der Waals surface area contributed by atoms with E-state index in [2.05, 4.69) is 0 Å². The average molecular weight is 452 g/mol. The molecule has 0 radical (unpaired) electrons. The summed E-state index contributed by atoms with van der Waals surface area (Å²) >= 11 is 0. The molecule has 0 amide bonds. The molecule has 0 heterocycles. The molecule has 0 saturated carbocycles. The zero-order valence-electron chi connectivity index (χ0n) is 16.1. The molecule has 4 aromatic carbocycles. The van der Waals surface area contributed by atoms with E-state index in [9.17, 15) is 20.2 Å². The van der Waals surface area contributed by atoms with Crippen LogP contribution in [-0.4, -0.2) is 9.85 Å². The fourth-order valence-electron chi connectivity index (χ4n) is 3.48. The molecule has 0 unspecified atom stereocenters. The molecule has 0 aliphatic heterocycles. The van der Waals surface area contributed by atoms with Crippen molar-refractivity contribution in [3.05, 3.63) is 128 Å². The first kappa shape index (κ1) is 21.9. The van der Waals surface area contributed by atoms with Gasteiger partial charge < -0.3 is 0 Å². The Hall–Kier alpha value is -3.80. The molecule has 5 rings (SSSR count). The van der Waals surface area contributed by atoms with E-state index in [0.29, 0.717) is 11.1 Å². The molecule has 7 heteroatoms. The van der Waals surface area contributed by atoms with E-state index in [1.54, 1.807) is 12.1 Å². The van der Waals surface area contributed by atoms with Gasteiger partial charge in [0, 0.05) is 41.3 Å². The normalized spacial score (nSPS) is 10.8. The Morgan fingerprint density at radius 3 is 1.61 bits per heavy atom. The summed E-state index contributed by atoms with van der Waals surface area (Å²) in [6, 6.07) is 27.0. The summed E-state index contributed by atoms with van der Waals surface area (Å²) in [5, 5.41) is 22.3. The molecule has 0 saturated heterocycles. The summed E-state index contributed by atoms with van der Waals surface area (Å²) in [4.78, 5) is 21.4. The Kier molecular flexibility index (Phi) is 6.60. The van der Waals surface area contributed by atoms with Crippen LogP contribution in [0.3, 0.4) is 0 Å².